The molecule has 1 aromatic heterocycles. The zero-order valence-corrected chi connectivity index (χ0v) is 18.3. The normalized spacial score (nSPS) is 10.5. The first-order valence-corrected chi connectivity index (χ1v) is 9.73. The average molecular weight is 444 g/mol. The number of carbonyl (C=O) groups is 2. The number of aryl methyl sites for hydroxylation is 1. The van der Waals surface area contributed by atoms with Crippen LogP contribution in [-0.4, -0.2) is 42.5 Å². The number of nitrogens with one attached hydrogen (secondary N) is 1. The molecule has 0 saturated heterocycles. The summed E-state index contributed by atoms with van der Waals surface area (Å²) in [7, 11) is 3.02. The van der Waals surface area contributed by atoms with Crippen LogP contribution in [0.15, 0.2) is 42.5 Å². The van der Waals surface area contributed by atoms with Crippen LogP contribution in [0.3, 0.4) is 0 Å². The second kappa shape index (κ2) is 9.53. The van der Waals surface area contributed by atoms with Crippen molar-refractivity contribution in [1.29, 1.82) is 0 Å². The molecular weight excluding hydrogens is 422 g/mol. The lowest BCUT2D eigenvalue weighted by atomic mass is 10.2. The van der Waals surface area contributed by atoms with Crippen LogP contribution in [0.4, 0.5) is 5.69 Å². The predicted octanol–water partition coefficient (Wildman–Crippen LogP) is 3.96. The zero-order valence-electron chi connectivity index (χ0n) is 17.6. The fourth-order valence-electron chi connectivity index (χ4n) is 2.94. The van der Waals surface area contributed by atoms with Crippen LogP contribution < -0.4 is 14.8 Å². The third-order valence-electron chi connectivity index (χ3n) is 4.55. The molecule has 0 aliphatic heterocycles. The van der Waals surface area contributed by atoms with Gasteiger partial charge in [-0.25, -0.2) is 9.48 Å². The van der Waals surface area contributed by atoms with Gasteiger partial charge in [0.05, 0.1) is 41.9 Å². The monoisotopic (exact) mass is 443 g/mol. The second-order valence-electron chi connectivity index (χ2n) is 6.64. The maximum absolute atomic E-state index is 12.3. The van der Waals surface area contributed by atoms with Crippen LogP contribution in [-0.2, 0) is 9.53 Å². The van der Waals surface area contributed by atoms with Gasteiger partial charge in [0.2, 0.25) is 0 Å². The Hall–Kier alpha value is -3.52. The van der Waals surface area contributed by atoms with E-state index in [0.717, 1.165) is 17.1 Å². The molecule has 3 rings (SSSR count). The Bertz CT molecular complexity index is 1110. The van der Waals surface area contributed by atoms with E-state index in [1.54, 1.807) is 47.1 Å². The summed E-state index contributed by atoms with van der Waals surface area (Å²) in [6.07, 6.45) is 0. The van der Waals surface area contributed by atoms with Crippen LogP contribution in [0.1, 0.15) is 21.7 Å². The summed E-state index contributed by atoms with van der Waals surface area (Å²) in [6, 6.07) is 11.6. The number of anilines is 1. The van der Waals surface area contributed by atoms with Crippen molar-refractivity contribution in [1.82, 2.24) is 9.78 Å². The largest absolute Gasteiger partial charge is 0.493 e. The predicted molar refractivity (Wildman–Crippen MR) is 117 cm³/mol. The first-order chi connectivity index (χ1) is 14.8. The van der Waals surface area contributed by atoms with Gasteiger partial charge in [-0.15, -0.1) is 0 Å². The van der Waals surface area contributed by atoms with Crippen LogP contribution >= 0.6 is 11.6 Å². The molecule has 0 aliphatic carbocycles. The van der Waals surface area contributed by atoms with E-state index in [0.29, 0.717) is 27.8 Å². The van der Waals surface area contributed by atoms with E-state index in [9.17, 15) is 9.59 Å². The average Bonchev–Trinajstić information content (AvgIpc) is 3.04. The first-order valence-electron chi connectivity index (χ1n) is 9.35. The molecule has 0 unspecified atom stereocenters. The molecule has 0 saturated carbocycles. The van der Waals surface area contributed by atoms with E-state index in [2.05, 4.69) is 10.4 Å². The minimum atomic E-state index is -0.611. The molecule has 9 heteroatoms. The maximum atomic E-state index is 12.3. The number of hydrogen-bond donors (Lipinski definition) is 1. The number of methoxy groups -OCH3 is 2. The highest BCUT2D eigenvalue weighted by molar-refractivity contribution is 6.31. The topological polar surface area (TPSA) is 91.7 Å². The van der Waals surface area contributed by atoms with Crippen LogP contribution in [0.5, 0.6) is 11.5 Å². The number of aromatic nitrogens is 2. The molecular formula is C22H22ClN3O5. The Balaban J connectivity index is 1.59. The SMILES string of the molecule is COc1ccc(NC(=O)COC(=O)c2ccc(-n3nc(C)c(Cl)c3C)cc2)cc1OC. The van der Waals surface area contributed by atoms with E-state index in [1.165, 1.54) is 14.2 Å². The fraction of sp³-hybridized carbons (Fsp3) is 0.227. The molecule has 3 aromatic rings. The van der Waals surface area contributed by atoms with Crippen LogP contribution in [0.25, 0.3) is 5.69 Å². The van der Waals surface area contributed by atoms with Gasteiger partial charge in [-0.05, 0) is 50.2 Å². The van der Waals surface area contributed by atoms with Gasteiger partial charge in [0.25, 0.3) is 5.91 Å². The van der Waals surface area contributed by atoms with Gasteiger partial charge in [-0.1, -0.05) is 11.6 Å². The highest BCUT2D eigenvalue weighted by Gasteiger charge is 2.14. The number of esters is 1. The van der Waals surface area contributed by atoms with Crippen molar-refractivity contribution in [2.24, 2.45) is 0 Å². The van der Waals surface area contributed by atoms with Crippen molar-refractivity contribution in [3.05, 3.63) is 64.4 Å². The summed E-state index contributed by atoms with van der Waals surface area (Å²) in [5.74, 6) is -0.0747. The lowest BCUT2D eigenvalue weighted by Crippen LogP contribution is -2.21. The first kappa shape index (κ1) is 22.2. The summed E-state index contributed by atoms with van der Waals surface area (Å²) in [4.78, 5) is 24.4. The Labute approximate surface area is 184 Å². The van der Waals surface area contributed by atoms with Crippen LogP contribution in [0, 0.1) is 13.8 Å². The highest BCUT2D eigenvalue weighted by Crippen LogP contribution is 2.29. The lowest BCUT2D eigenvalue weighted by molar-refractivity contribution is -0.119. The molecule has 0 radical (unpaired) electrons. The number of carbonyl (C=O) groups excluding carboxylic acids is 2. The van der Waals surface area contributed by atoms with Gasteiger partial charge in [0.15, 0.2) is 18.1 Å². The number of halogens is 1. The minimum Gasteiger partial charge on any atom is -0.493 e. The third-order valence-corrected chi connectivity index (χ3v) is 5.10. The van der Waals surface area contributed by atoms with Crippen LogP contribution in [0.2, 0.25) is 5.02 Å². The van der Waals surface area contributed by atoms with Crippen molar-refractivity contribution < 1.29 is 23.8 Å². The van der Waals surface area contributed by atoms with Crippen molar-refractivity contribution in [3.63, 3.8) is 0 Å². The standard InChI is InChI=1S/C22H22ClN3O5/c1-13-21(23)14(2)26(25-13)17-8-5-15(6-9-17)22(28)31-12-20(27)24-16-7-10-18(29-3)19(11-16)30-4/h5-11H,12H2,1-4H3,(H,24,27). The number of ether oxygens (including phenoxy) is 3. The van der Waals surface area contributed by atoms with E-state index in [4.69, 9.17) is 25.8 Å². The third kappa shape index (κ3) is 4.97. The van der Waals surface area contributed by atoms with Gasteiger partial charge in [-0.3, -0.25) is 4.79 Å². The summed E-state index contributed by atoms with van der Waals surface area (Å²) in [6.45, 7) is 3.26. The summed E-state index contributed by atoms with van der Waals surface area (Å²) >= 11 is 6.18. The quantitative estimate of drug-likeness (QED) is 0.556. The van der Waals surface area contributed by atoms with Gasteiger partial charge in [0, 0.05) is 11.8 Å². The molecule has 0 aliphatic rings. The lowest BCUT2D eigenvalue weighted by Gasteiger charge is -2.11. The Morgan fingerprint density at radius 2 is 1.71 bits per heavy atom. The van der Waals surface area contributed by atoms with Gasteiger partial charge in [-0.2, -0.15) is 5.10 Å². The number of nitrogens with zero attached hydrogens (tertiary/aromatic N) is 2. The van der Waals surface area contributed by atoms with E-state index < -0.39 is 18.5 Å². The Kier molecular flexibility index (Phi) is 6.81. The highest BCUT2D eigenvalue weighted by atomic mass is 35.5. The molecule has 0 spiro atoms. The van der Waals surface area contributed by atoms with E-state index >= 15 is 0 Å². The van der Waals surface area contributed by atoms with Gasteiger partial charge < -0.3 is 19.5 Å². The fourth-order valence-corrected chi connectivity index (χ4v) is 3.06. The molecule has 8 nitrogen and oxygen atoms in total. The zero-order chi connectivity index (χ0) is 22.5. The Morgan fingerprint density at radius 3 is 2.29 bits per heavy atom. The number of hydrogen-bond acceptors (Lipinski definition) is 6. The molecule has 31 heavy (non-hydrogen) atoms. The molecule has 0 fully saturated rings. The molecule has 0 bridgehead atoms. The molecule has 1 N–H and O–H groups in total. The summed E-state index contributed by atoms with van der Waals surface area (Å²) < 4.78 is 17.2. The van der Waals surface area contributed by atoms with Crippen molar-refractivity contribution in [2.75, 3.05) is 26.1 Å². The second-order valence-corrected chi connectivity index (χ2v) is 7.02. The number of benzene rings is 2. The van der Waals surface area contributed by atoms with Gasteiger partial charge >= 0.3 is 5.97 Å². The molecule has 1 amide bonds. The van der Waals surface area contributed by atoms with Crippen molar-refractivity contribution in [3.8, 4) is 17.2 Å². The van der Waals surface area contributed by atoms with Crippen molar-refractivity contribution in [2.45, 2.75) is 13.8 Å². The molecule has 0 atom stereocenters. The number of amides is 1. The van der Waals surface area contributed by atoms with Gasteiger partial charge in [0.1, 0.15) is 0 Å². The smallest absolute Gasteiger partial charge is 0.338 e. The molecule has 2 aromatic carbocycles. The Morgan fingerprint density at radius 1 is 1.03 bits per heavy atom. The van der Waals surface area contributed by atoms with Crippen molar-refractivity contribution >= 4 is 29.2 Å². The van der Waals surface area contributed by atoms with E-state index in [1.807, 2.05) is 13.8 Å². The minimum absolute atomic E-state index is 0.315. The maximum Gasteiger partial charge on any atom is 0.338 e. The number of rotatable bonds is 7. The summed E-state index contributed by atoms with van der Waals surface area (Å²) in [5, 5.41) is 7.62. The van der Waals surface area contributed by atoms with E-state index in [-0.39, 0.29) is 0 Å². The molecule has 162 valence electrons. The summed E-state index contributed by atoms with van der Waals surface area (Å²) in [5.41, 5.74) is 3.10. The molecule has 1 heterocycles.